The molecule has 1 aromatic carbocycles. The molecule has 0 bridgehead atoms. The largest absolute Gasteiger partial charge is 0.382 e. The molecule has 0 aliphatic rings. The fourth-order valence-electron chi connectivity index (χ4n) is 2.08. The number of nitrogens with one attached hydrogen (secondary N) is 1. The SMILES string of the molecule is CCCCC(NCCCOCC)c1ccccc1. The number of rotatable bonds is 10. The monoisotopic (exact) mass is 249 g/mol. The minimum absolute atomic E-state index is 0.493. The third-order valence-corrected chi connectivity index (χ3v) is 3.11. The molecule has 0 heterocycles. The minimum Gasteiger partial charge on any atom is -0.382 e. The summed E-state index contributed by atoms with van der Waals surface area (Å²) < 4.78 is 5.36. The van der Waals surface area contributed by atoms with E-state index in [1.54, 1.807) is 0 Å². The van der Waals surface area contributed by atoms with Gasteiger partial charge in [0, 0.05) is 19.3 Å². The molecule has 0 saturated carbocycles. The van der Waals surface area contributed by atoms with Crippen LogP contribution in [-0.2, 0) is 4.74 Å². The Balaban J connectivity index is 2.36. The van der Waals surface area contributed by atoms with E-state index in [9.17, 15) is 0 Å². The fraction of sp³-hybridized carbons (Fsp3) is 0.625. The zero-order chi connectivity index (χ0) is 13.1. The van der Waals surface area contributed by atoms with Crippen molar-refractivity contribution in [2.45, 2.75) is 45.6 Å². The lowest BCUT2D eigenvalue weighted by molar-refractivity contribution is 0.144. The predicted octanol–water partition coefficient (Wildman–Crippen LogP) is 3.93. The number of benzene rings is 1. The summed E-state index contributed by atoms with van der Waals surface area (Å²) >= 11 is 0. The molecule has 102 valence electrons. The molecular weight excluding hydrogens is 222 g/mol. The predicted molar refractivity (Wildman–Crippen MR) is 77.8 cm³/mol. The van der Waals surface area contributed by atoms with Gasteiger partial charge in [0.2, 0.25) is 0 Å². The van der Waals surface area contributed by atoms with Gasteiger partial charge in [-0.3, -0.25) is 0 Å². The lowest BCUT2D eigenvalue weighted by Gasteiger charge is -2.19. The number of ether oxygens (including phenoxy) is 1. The van der Waals surface area contributed by atoms with Crippen LogP contribution in [0.25, 0.3) is 0 Å². The normalized spacial score (nSPS) is 12.6. The summed E-state index contributed by atoms with van der Waals surface area (Å²) in [5, 5.41) is 3.65. The highest BCUT2D eigenvalue weighted by molar-refractivity contribution is 5.18. The minimum atomic E-state index is 0.493. The third kappa shape index (κ3) is 6.18. The molecule has 0 spiro atoms. The van der Waals surface area contributed by atoms with Gasteiger partial charge in [0.1, 0.15) is 0 Å². The number of unbranched alkanes of at least 4 members (excludes halogenated alkanes) is 1. The van der Waals surface area contributed by atoms with Crippen molar-refractivity contribution in [1.82, 2.24) is 5.32 Å². The van der Waals surface area contributed by atoms with Crippen molar-refractivity contribution in [2.75, 3.05) is 19.8 Å². The van der Waals surface area contributed by atoms with E-state index in [1.165, 1.54) is 24.8 Å². The molecule has 1 N–H and O–H groups in total. The van der Waals surface area contributed by atoms with Crippen LogP contribution >= 0.6 is 0 Å². The van der Waals surface area contributed by atoms with Gasteiger partial charge in [0.05, 0.1) is 0 Å². The summed E-state index contributed by atoms with van der Waals surface area (Å²) in [4.78, 5) is 0. The lowest BCUT2D eigenvalue weighted by atomic mass is 10.0. The lowest BCUT2D eigenvalue weighted by Crippen LogP contribution is -2.23. The highest BCUT2D eigenvalue weighted by Crippen LogP contribution is 2.18. The van der Waals surface area contributed by atoms with E-state index < -0.39 is 0 Å². The quantitative estimate of drug-likeness (QED) is 0.634. The van der Waals surface area contributed by atoms with Crippen molar-refractivity contribution < 1.29 is 4.74 Å². The molecule has 0 fully saturated rings. The van der Waals surface area contributed by atoms with E-state index >= 15 is 0 Å². The maximum absolute atomic E-state index is 5.36. The first-order valence-electron chi connectivity index (χ1n) is 7.24. The molecule has 0 aliphatic carbocycles. The molecule has 1 aromatic rings. The van der Waals surface area contributed by atoms with E-state index in [1.807, 2.05) is 6.92 Å². The van der Waals surface area contributed by atoms with E-state index in [0.29, 0.717) is 6.04 Å². The molecule has 2 heteroatoms. The summed E-state index contributed by atoms with van der Waals surface area (Å²) in [7, 11) is 0. The molecule has 1 unspecified atom stereocenters. The fourth-order valence-corrected chi connectivity index (χ4v) is 2.08. The van der Waals surface area contributed by atoms with Gasteiger partial charge in [0.15, 0.2) is 0 Å². The van der Waals surface area contributed by atoms with Crippen LogP contribution in [0.1, 0.15) is 51.1 Å². The first-order chi connectivity index (χ1) is 8.88. The van der Waals surface area contributed by atoms with E-state index in [-0.39, 0.29) is 0 Å². The molecule has 1 atom stereocenters. The molecule has 2 nitrogen and oxygen atoms in total. The van der Waals surface area contributed by atoms with Crippen LogP contribution < -0.4 is 5.32 Å². The highest BCUT2D eigenvalue weighted by atomic mass is 16.5. The zero-order valence-electron chi connectivity index (χ0n) is 11.8. The Morgan fingerprint density at radius 3 is 2.56 bits per heavy atom. The van der Waals surface area contributed by atoms with Crippen molar-refractivity contribution in [3.63, 3.8) is 0 Å². The van der Waals surface area contributed by atoms with E-state index in [2.05, 4.69) is 42.6 Å². The van der Waals surface area contributed by atoms with Gasteiger partial charge < -0.3 is 10.1 Å². The van der Waals surface area contributed by atoms with Gasteiger partial charge in [0.25, 0.3) is 0 Å². The standard InChI is InChI=1S/C16H27NO/c1-3-5-12-16(15-10-7-6-8-11-15)17-13-9-14-18-4-2/h6-8,10-11,16-17H,3-5,9,12-14H2,1-2H3. The maximum atomic E-state index is 5.36. The Morgan fingerprint density at radius 2 is 1.89 bits per heavy atom. The number of hydrogen-bond donors (Lipinski definition) is 1. The van der Waals surface area contributed by atoms with Gasteiger partial charge in [-0.1, -0.05) is 50.1 Å². The second-order valence-electron chi connectivity index (χ2n) is 4.61. The van der Waals surface area contributed by atoms with Gasteiger partial charge in [-0.05, 0) is 31.9 Å². The van der Waals surface area contributed by atoms with Crippen LogP contribution in [0.4, 0.5) is 0 Å². The van der Waals surface area contributed by atoms with Crippen molar-refractivity contribution in [2.24, 2.45) is 0 Å². The van der Waals surface area contributed by atoms with Crippen LogP contribution in [-0.4, -0.2) is 19.8 Å². The van der Waals surface area contributed by atoms with Crippen molar-refractivity contribution in [1.29, 1.82) is 0 Å². The topological polar surface area (TPSA) is 21.3 Å². The summed E-state index contributed by atoms with van der Waals surface area (Å²) in [6.45, 7) is 7.00. The Morgan fingerprint density at radius 1 is 1.11 bits per heavy atom. The highest BCUT2D eigenvalue weighted by Gasteiger charge is 2.09. The summed E-state index contributed by atoms with van der Waals surface area (Å²) in [6.07, 6.45) is 4.83. The Bertz CT molecular complexity index is 286. The van der Waals surface area contributed by atoms with Gasteiger partial charge in [-0.15, -0.1) is 0 Å². The van der Waals surface area contributed by atoms with E-state index in [4.69, 9.17) is 4.74 Å². The molecule has 0 amide bonds. The summed E-state index contributed by atoms with van der Waals surface area (Å²) in [5.41, 5.74) is 1.40. The van der Waals surface area contributed by atoms with Gasteiger partial charge >= 0.3 is 0 Å². The summed E-state index contributed by atoms with van der Waals surface area (Å²) in [6, 6.07) is 11.3. The zero-order valence-corrected chi connectivity index (χ0v) is 11.8. The molecule has 18 heavy (non-hydrogen) atoms. The van der Waals surface area contributed by atoms with Crippen LogP contribution in [0.15, 0.2) is 30.3 Å². The van der Waals surface area contributed by atoms with Crippen LogP contribution in [0.5, 0.6) is 0 Å². The molecular formula is C16H27NO. The average molecular weight is 249 g/mol. The first kappa shape index (κ1) is 15.2. The van der Waals surface area contributed by atoms with Crippen LogP contribution in [0.2, 0.25) is 0 Å². The molecule has 0 aromatic heterocycles. The Kier molecular flexibility index (Phi) is 8.53. The second-order valence-corrected chi connectivity index (χ2v) is 4.61. The van der Waals surface area contributed by atoms with Crippen molar-refractivity contribution in [3.05, 3.63) is 35.9 Å². The first-order valence-corrected chi connectivity index (χ1v) is 7.24. The smallest absolute Gasteiger partial charge is 0.0477 e. The van der Waals surface area contributed by atoms with E-state index in [0.717, 1.165) is 26.2 Å². The van der Waals surface area contributed by atoms with Gasteiger partial charge in [-0.2, -0.15) is 0 Å². The molecule has 0 saturated heterocycles. The molecule has 1 rings (SSSR count). The van der Waals surface area contributed by atoms with Crippen LogP contribution in [0.3, 0.4) is 0 Å². The Hall–Kier alpha value is -0.860. The second kappa shape index (κ2) is 10.1. The Labute approximate surface area is 112 Å². The third-order valence-electron chi connectivity index (χ3n) is 3.11. The molecule has 0 aliphatic heterocycles. The summed E-state index contributed by atoms with van der Waals surface area (Å²) in [5.74, 6) is 0. The van der Waals surface area contributed by atoms with Crippen molar-refractivity contribution >= 4 is 0 Å². The maximum Gasteiger partial charge on any atom is 0.0477 e. The molecule has 0 radical (unpaired) electrons. The average Bonchev–Trinajstić information content (AvgIpc) is 2.43. The van der Waals surface area contributed by atoms with Crippen LogP contribution in [0, 0.1) is 0 Å². The number of hydrogen-bond acceptors (Lipinski definition) is 2. The van der Waals surface area contributed by atoms with Crippen molar-refractivity contribution in [3.8, 4) is 0 Å². The van der Waals surface area contributed by atoms with Gasteiger partial charge in [-0.25, -0.2) is 0 Å².